The average Bonchev–Trinajstić information content (AvgIpc) is 2.03. The van der Waals surface area contributed by atoms with Crippen LogP contribution in [-0.2, 0) is 26.2 Å². The molecular formula is C8H10Cl2NOZr. The van der Waals surface area contributed by atoms with Crippen LogP contribution in [0.3, 0.4) is 0 Å². The number of halogens is 2. The summed E-state index contributed by atoms with van der Waals surface area (Å²) in [5.74, 6) is 0. The second-order valence-corrected chi connectivity index (χ2v) is 2.00. The fraction of sp³-hybridized carbons (Fsp3) is 0.250. The Morgan fingerprint density at radius 3 is 2.08 bits per heavy atom. The minimum absolute atomic E-state index is 0. The van der Waals surface area contributed by atoms with Crippen LogP contribution in [0, 0.1) is 0 Å². The molecule has 0 heterocycles. The first-order chi connectivity index (χ1) is 4.93. The van der Waals surface area contributed by atoms with E-state index in [4.69, 9.17) is 0 Å². The third-order valence-corrected chi connectivity index (χ3v) is 1.20. The summed E-state index contributed by atoms with van der Waals surface area (Å²) < 4.78 is 0. The molecule has 0 saturated carbocycles. The normalized spacial score (nSPS) is 7.15. The van der Waals surface area contributed by atoms with Gasteiger partial charge in [-0.3, -0.25) is 0 Å². The molecule has 1 radical (unpaired) electrons. The van der Waals surface area contributed by atoms with E-state index in [-0.39, 0.29) is 57.6 Å². The molecule has 1 rings (SSSR count). The average molecular weight is 298 g/mol. The van der Waals surface area contributed by atoms with Gasteiger partial charge in [-0.25, -0.2) is 0 Å². The van der Waals surface area contributed by atoms with E-state index >= 15 is 0 Å². The molecule has 0 aliphatic heterocycles. The van der Waals surface area contributed by atoms with Gasteiger partial charge >= 0.3 is 26.2 Å². The number of para-hydroxylation sites is 1. The first-order valence-electron chi connectivity index (χ1n) is 3.30. The summed E-state index contributed by atoms with van der Waals surface area (Å²) in [7, 11) is 0. The molecule has 1 N–H and O–H groups in total. The van der Waals surface area contributed by atoms with Gasteiger partial charge in [0.1, 0.15) is 0 Å². The van der Waals surface area contributed by atoms with Crippen LogP contribution in [0.15, 0.2) is 30.3 Å². The molecule has 0 amide bonds. The number of nitrogens with one attached hydrogen (secondary N) is 1. The third-order valence-electron chi connectivity index (χ3n) is 1.20. The van der Waals surface area contributed by atoms with E-state index in [0.29, 0.717) is 6.54 Å². The molecule has 0 atom stereocenters. The van der Waals surface area contributed by atoms with Crippen molar-refractivity contribution in [1.29, 1.82) is 0 Å². The second-order valence-electron chi connectivity index (χ2n) is 2.00. The number of benzene rings is 1. The summed E-state index contributed by atoms with van der Waals surface area (Å²) in [5, 5.41) is 13.0. The van der Waals surface area contributed by atoms with E-state index in [1.165, 1.54) is 0 Å². The predicted molar refractivity (Wildman–Crippen MR) is 39.8 cm³/mol. The fourth-order valence-corrected chi connectivity index (χ4v) is 0.751. The molecule has 0 unspecified atom stereocenters. The molecule has 0 aliphatic carbocycles. The van der Waals surface area contributed by atoms with Crippen LogP contribution in [0.1, 0.15) is 0 Å². The van der Waals surface area contributed by atoms with Crippen LogP contribution >= 0.6 is 0 Å². The summed E-state index contributed by atoms with van der Waals surface area (Å²) in [6.07, 6.45) is 0. The van der Waals surface area contributed by atoms with Crippen molar-refractivity contribution in [2.24, 2.45) is 0 Å². The smallest absolute Gasteiger partial charge is 1.00 e. The molecule has 0 aromatic heterocycles. The maximum atomic E-state index is 10.0. The van der Waals surface area contributed by atoms with Crippen LogP contribution in [-0.4, -0.2) is 13.2 Å². The van der Waals surface area contributed by atoms with Crippen LogP contribution in [0.4, 0.5) is 5.69 Å². The Morgan fingerprint density at radius 1 is 1.08 bits per heavy atom. The summed E-state index contributed by atoms with van der Waals surface area (Å²) in [5.41, 5.74) is 1.01. The minimum Gasteiger partial charge on any atom is -1.00 e. The third kappa shape index (κ3) is 8.76. The summed E-state index contributed by atoms with van der Waals surface area (Å²) in [6.45, 7) is 0.429. The van der Waals surface area contributed by atoms with Crippen molar-refractivity contribution in [2.75, 3.05) is 18.5 Å². The Morgan fingerprint density at radius 2 is 1.62 bits per heavy atom. The SMILES string of the molecule is [Cl-].[Cl-].[O-]CCNc1ccccc1.[Zr+3]. The minimum atomic E-state index is -0.0745. The van der Waals surface area contributed by atoms with Crippen LogP contribution < -0.4 is 35.2 Å². The molecule has 1 aromatic rings. The molecule has 1 aromatic carbocycles. The monoisotopic (exact) mass is 296 g/mol. The summed E-state index contributed by atoms with van der Waals surface area (Å²) >= 11 is 0. The molecule has 5 heteroatoms. The van der Waals surface area contributed by atoms with E-state index in [0.717, 1.165) is 5.69 Å². The van der Waals surface area contributed by atoms with Gasteiger partial charge in [-0.2, -0.15) is 0 Å². The molecule has 13 heavy (non-hydrogen) atoms. The molecular weight excluding hydrogens is 288 g/mol. The number of hydrogen-bond acceptors (Lipinski definition) is 2. The molecule has 0 fully saturated rings. The fourth-order valence-electron chi connectivity index (χ4n) is 0.751. The molecule has 0 spiro atoms. The standard InChI is InChI=1S/C8H10NO.2ClH.Zr/c10-7-6-9-8-4-2-1-3-5-8;;;/h1-5,9H,6-7H2;2*1H;/q-1;;;+3/p-2. The van der Waals surface area contributed by atoms with Crippen molar-refractivity contribution in [3.63, 3.8) is 0 Å². The molecule has 71 valence electrons. The van der Waals surface area contributed by atoms with Gasteiger partial charge in [0.15, 0.2) is 0 Å². The van der Waals surface area contributed by atoms with Gasteiger partial charge in [0.05, 0.1) is 0 Å². The second kappa shape index (κ2) is 12.4. The molecule has 2 nitrogen and oxygen atoms in total. The van der Waals surface area contributed by atoms with Crippen LogP contribution in [0.25, 0.3) is 0 Å². The Labute approximate surface area is 110 Å². The van der Waals surface area contributed by atoms with Gasteiger partial charge in [-0.05, 0) is 18.7 Å². The first-order valence-corrected chi connectivity index (χ1v) is 3.30. The van der Waals surface area contributed by atoms with Crippen molar-refractivity contribution in [1.82, 2.24) is 0 Å². The van der Waals surface area contributed by atoms with Crippen molar-refractivity contribution < 1.29 is 56.1 Å². The van der Waals surface area contributed by atoms with Gasteiger partial charge < -0.3 is 35.2 Å². The van der Waals surface area contributed by atoms with Gasteiger partial charge in [0, 0.05) is 5.69 Å². The van der Waals surface area contributed by atoms with Gasteiger partial charge in [0.25, 0.3) is 0 Å². The maximum absolute atomic E-state index is 10.0. The Kier molecular flexibility index (Phi) is 18.3. The van der Waals surface area contributed by atoms with Crippen molar-refractivity contribution in [3.05, 3.63) is 30.3 Å². The van der Waals surface area contributed by atoms with Crippen molar-refractivity contribution in [3.8, 4) is 0 Å². The number of hydrogen-bond donors (Lipinski definition) is 1. The topological polar surface area (TPSA) is 35.1 Å². The molecule has 0 aliphatic rings. The van der Waals surface area contributed by atoms with Crippen LogP contribution in [0.2, 0.25) is 0 Å². The van der Waals surface area contributed by atoms with Crippen molar-refractivity contribution >= 4 is 5.69 Å². The Hall–Kier alpha value is 0.443. The Balaban J connectivity index is -0.000000333. The number of rotatable bonds is 3. The van der Waals surface area contributed by atoms with E-state index in [1.807, 2.05) is 30.3 Å². The quantitative estimate of drug-likeness (QED) is 0.604. The molecule has 0 saturated heterocycles. The van der Waals surface area contributed by atoms with Gasteiger partial charge in [0.2, 0.25) is 0 Å². The van der Waals surface area contributed by atoms with Gasteiger partial charge in [-0.1, -0.05) is 18.2 Å². The Bertz CT molecular complexity index is 187. The van der Waals surface area contributed by atoms with E-state index in [1.54, 1.807) is 0 Å². The largest absolute Gasteiger partial charge is 3.00 e. The van der Waals surface area contributed by atoms with E-state index < -0.39 is 0 Å². The molecule has 0 bridgehead atoms. The zero-order valence-electron chi connectivity index (χ0n) is 6.97. The maximum Gasteiger partial charge on any atom is 3.00 e. The zero-order chi connectivity index (χ0) is 7.23. The van der Waals surface area contributed by atoms with Gasteiger partial charge in [-0.15, -0.1) is 6.61 Å². The van der Waals surface area contributed by atoms with E-state index in [2.05, 4.69) is 5.32 Å². The zero-order valence-corrected chi connectivity index (χ0v) is 10.9. The van der Waals surface area contributed by atoms with Crippen LogP contribution in [0.5, 0.6) is 0 Å². The van der Waals surface area contributed by atoms with E-state index in [9.17, 15) is 5.11 Å². The summed E-state index contributed by atoms with van der Waals surface area (Å²) in [4.78, 5) is 0. The predicted octanol–water partition coefficient (Wildman–Crippen LogP) is -5.54. The summed E-state index contributed by atoms with van der Waals surface area (Å²) in [6, 6.07) is 9.70. The number of anilines is 1. The van der Waals surface area contributed by atoms with Crippen molar-refractivity contribution in [2.45, 2.75) is 0 Å². The first kappa shape index (κ1) is 19.1.